The summed E-state index contributed by atoms with van der Waals surface area (Å²) in [7, 11) is 0. The number of pyridine rings is 1. The first-order chi connectivity index (χ1) is 13.5. The SMILES string of the molecule is Cc1cccc(Cn2ccc(Cc3nnc(C(C)n4nc(C)cc4C)s3)n2)n1. The third kappa shape index (κ3) is 4.01. The summed E-state index contributed by atoms with van der Waals surface area (Å²) in [6, 6.07) is 10.2. The van der Waals surface area contributed by atoms with Crippen LogP contribution in [0.1, 0.15) is 51.5 Å². The number of rotatable bonds is 6. The zero-order chi connectivity index (χ0) is 19.7. The van der Waals surface area contributed by atoms with Crippen LogP contribution in [0.5, 0.6) is 0 Å². The Kier molecular flexibility index (Phi) is 5.04. The predicted molar refractivity (Wildman–Crippen MR) is 109 cm³/mol. The zero-order valence-electron chi connectivity index (χ0n) is 16.5. The van der Waals surface area contributed by atoms with Gasteiger partial charge in [0.05, 0.1) is 23.6 Å². The van der Waals surface area contributed by atoms with E-state index in [1.54, 1.807) is 11.3 Å². The molecule has 8 heteroatoms. The van der Waals surface area contributed by atoms with Gasteiger partial charge in [0.1, 0.15) is 16.1 Å². The molecule has 7 nitrogen and oxygen atoms in total. The highest BCUT2D eigenvalue weighted by molar-refractivity contribution is 7.11. The average Bonchev–Trinajstić information content (AvgIpc) is 3.36. The molecule has 0 bridgehead atoms. The highest BCUT2D eigenvalue weighted by Crippen LogP contribution is 2.24. The monoisotopic (exact) mass is 393 g/mol. The van der Waals surface area contributed by atoms with Crippen molar-refractivity contribution in [2.45, 2.75) is 46.7 Å². The lowest BCUT2D eigenvalue weighted by Gasteiger charge is -2.10. The molecule has 0 fully saturated rings. The molecule has 144 valence electrons. The van der Waals surface area contributed by atoms with Gasteiger partial charge in [-0.25, -0.2) is 0 Å². The standard InChI is InChI=1S/C20H23N7S/c1-13-6-5-7-18(21-13)12-26-9-8-17(25-26)11-19-22-23-20(28-19)16(4)27-15(3)10-14(2)24-27/h5-10,16H,11-12H2,1-4H3. The van der Waals surface area contributed by atoms with E-state index in [0.717, 1.165) is 38.5 Å². The van der Waals surface area contributed by atoms with E-state index in [9.17, 15) is 0 Å². The summed E-state index contributed by atoms with van der Waals surface area (Å²) >= 11 is 1.62. The molecule has 0 saturated carbocycles. The topological polar surface area (TPSA) is 74.3 Å². The van der Waals surface area contributed by atoms with Crippen LogP contribution in [-0.2, 0) is 13.0 Å². The fourth-order valence-corrected chi connectivity index (χ4v) is 4.14. The van der Waals surface area contributed by atoms with E-state index >= 15 is 0 Å². The van der Waals surface area contributed by atoms with Crippen LogP contribution in [0.3, 0.4) is 0 Å². The molecule has 4 heterocycles. The van der Waals surface area contributed by atoms with Crippen molar-refractivity contribution >= 4 is 11.3 Å². The average molecular weight is 394 g/mol. The lowest BCUT2D eigenvalue weighted by Crippen LogP contribution is -2.10. The highest BCUT2D eigenvalue weighted by atomic mass is 32.1. The van der Waals surface area contributed by atoms with E-state index in [1.165, 1.54) is 0 Å². The highest BCUT2D eigenvalue weighted by Gasteiger charge is 2.17. The predicted octanol–water partition coefficient (Wildman–Crippen LogP) is 3.50. The van der Waals surface area contributed by atoms with Crippen molar-refractivity contribution in [1.29, 1.82) is 0 Å². The molecule has 28 heavy (non-hydrogen) atoms. The van der Waals surface area contributed by atoms with Crippen LogP contribution < -0.4 is 0 Å². The first-order valence-corrected chi connectivity index (χ1v) is 10.1. The van der Waals surface area contributed by atoms with E-state index in [0.29, 0.717) is 13.0 Å². The van der Waals surface area contributed by atoms with Gasteiger partial charge in [-0.05, 0) is 52.0 Å². The molecular formula is C20H23N7S. The zero-order valence-corrected chi connectivity index (χ0v) is 17.3. The number of hydrogen-bond acceptors (Lipinski definition) is 6. The largest absolute Gasteiger partial charge is 0.266 e. The van der Waals surface area contributed by atoms with Gasteiger partial charge in [-0.3, -0.25) is 14.3 Å². The summed E-state index contributed by atoms with van der Waals surface area (Å²) in [5.41, 5.74) is 5.15. The summed E-state index contributed by atoms with van der Waals surface area (Å²) in [4.78, 5) is 4.53. The minimum absolute atomic E-state index is 0.0740. The first-order valence-electron chi connectivity index (χ1n) is 9.28. The van der Waals surface area contributed by atoms with E-state index in [1.807, 2.05) is 53.7 Å². The lowest BCUT2D eigenvalue weighted by atomic mass is 10.3. The minimum atomic E-state index is 0.0740. The first kappa shape index (κ1) is 18.5. The molecule has 1 atom stereocenters. The van der Waals surface area contributed by atoms with Crippen LogP contribution in [0.4, 0.5) is 0 Å². The van der Waals surface area contributed by atoms with E-state index < -0.39 is 0 Å². The van der Waals surface area contributed by atoms with Crippen LogP contribution >= 0.6 is 11.3 Å². The number of nitrogens with zero attached hydrogens (tertiary/aromatic N) is 7. The second-order valence-corrected chi connectivity index (χ2v) is 8.13. The molecule has 0 radical (unpaired) electrons. The molecule has 0 aromatic carbocycles. The third-order valence-electron chi connectivity index (χ3n) is 4.55. The fraction of sp³-hybridized carbons (Fsp3) is 0.350. The molecule has 0 N–H and O–H groups in total. The number of aromatic nitrogens is 7. The Morgan fingerprint density at radius 3 is 2.61 bits per heavy atom. The summed E-state index contributed by atoms with van der Waals surface area (Å²) in [6.45, 7) is 8.84. The van der Waals surface area contributed by atoms with E-state index in [4.69, 9.17) is 0 Å². The summed E-state index contributed by atoms with van der Waals surface area (Å²) in [6.07, 6.45) is 2.66. The molecule has 1 unspecified atom stereocenters. The van der Waals surface area contributed by atoms with Gasteiger partial charge in [0.2, 0.25) is 0 Å². The van der Waals surface area contributed by atoms with Crippen LogP contribution in [0.2, 0.25) is 0 Å². The Morgan fingerprint density at radius 2 is 1.86 bits per heavy atom. The maximum atomic E-state index is 4.66. The molecule has 4 aromatic rings. The molecule has 4 aromatic heterocycles. The number of aryl methyl sites for hydroxylation is 3. The van der Waals surface area contributed by atoms with Crippen LogP contribution in [0.25, 0.3) is 0 Å². The van der Waals surface area contributed by atoms with Crippen molar-refractivity contribution in [2.24, 2.45) is 0 Å². The van der Waals surface area contributed by atoms with Crippen molar-refractivity contribution < 1.29 is 0 Å². The van der Waals surface area contributed by atoms with Gasteiger partial charge in [0, 0.05) is 24.0 Å². The molecule has 0 spiro atoms. The van der Waals surface area contributed by atoms with Gasteiger partial charge in [-0.15, -0.1) is 10.2 Å². The Labute approximate surface area is 168 Å². The Hall–Kier alpha value is -2.87. The molecule has 0 aliphatic rings. The van der Waals surface area contributed by atoms with Crippen LogP contribution in [0.15, 0.2) is 36.5 Å². The summed E-state index contributed by atoms with van der Waals surface area (Å²) < 4.78 is 3.92. The van der Waals surface area contributed by atoms with E-state index in [2.05, 4.69) is 45.3 Å². The molecular weight excluding hydrogens is 370 g/mol. The van der Waals surface area contributed by atoms with E-state index in [-0.39, 0.29) is 6.04 Å². The maximum absolute atomic E-state index is 4.66. The van der Waals surface area contributed by atoms with Gasteiger partial charge in [-0.1, -0.05) is 17.4 Å². The van der Waals surface area contributed by atoms with Crippen molar-refractivity contribution in [1.82, 2.24) is 34.7 Å². The summed E-state index contributed by atoms with van der Waals surface area (Å²) in [5, 5.41) is 19.9. The lowest BCUT2D eigenvalue weighted by molar-refractivity contribution is 0.540. The molecule has 0 aliphatic heterocycles. The third-order valence-corrected chi connectivity index (χ3v) is 5.64. The second kappa shape index (κ2) is 7.63. The Balaban J connectivity index is 1.44. The Bertz CT molecular complexity index is 1090. The second-order valence-electron chi connectivity index (χ2n) is 7.03. The molecule has 0 aliphatic carbocycles. The molecule has 0 amide bonds. The molecule has 0 saturated heterocycles. The van der Waals surface area contributed by atoms with Gasteiger partial charge in [0.25, 0.3) is 0 Å². The van der Waals surface area contributed by atoms with Crippen LogP contribution in [-0.4, -0.2) is 34.7 Å². The number of hydrogen-bond donors (Lipinski definition) is 0. The van der Waals surface area contributed by atoms with Crippen molar-refractivity contribution in [3.63, 3.8) is 0 Å². The van der Waals surface area contributed by atoms with Crippen molar-refractivity contribution in [2.75, 3.05) is 0 Å². The van der Waals surface area contributed by atoms with Crippen molar-refractivity contribution in [3.05, 3.63) is 75.0 Å². The van der Waals surface area contributed by atoms with Gasteiger partial charge < -0.3 is 0 Å². The maximum Gasteiger partial charge on any atom is 0.141 e. The van der Waals surface area contributed by atoms with Gasteiger partial charge in [-0.2, -0.15) is 10.2 Å². The molecule has 4 rings (SSSR count). The normalized spacial score (nSPS) is 12.4. The summed E-state index contributed by atoms with van der Waals surface area (Å²) in [5.74, 6) is 0. The fourth-order valence-electron chi connectivity index (χ4n) is 3.24. The van der Waals surface area contributed by atoms with Gasteiger partial charge >= 0.3 is 0 Å². The Morgan fingerprint density at radius 1 is 1.00 bits per heavy atom. The van der Waals surface area contributed by atoms with Crippen LogP contribution in [0, 0.1) is 20.8 Å². The van der Waals surface area contributed by atoms with Crippen molar-refractivity contribution in [3.8, 4) is 0 Å². The quantitative estimate of drug-likeness (QED) is 0.501. The van der Waals surface area contributed by atoms with Gasteiger partial charge in [0.15, 0.2) is 0 Å². The minimum Gasteiger partial charge on any atom is -0.266 e. The smallest absolute Gasteiger partial charge is 0.141 e.